The lowest BCUT2D eigenvalue weighted by Gasteiger charge is -2.33. The number of aryl methyl sites for hydroxylation is 2. The Bertz CT molecular complexity index is 641. The van der Waals surface area contributed by atoms with E-state index in [0.29, 0.717) is 6.04 Å². The van der Waals surface area contributed by atoms with Gasteiger partial charge in [0.05, 0.1) is 6.42 Å². The standard InChI is InChI=1S/C21H32N4O2/c1-2-17(15-20(26)27)23-19-9-13-25(14-10-19)12-4-6-18-8-7-16-5-3-11-22-21(16)24-18/h2,7-8,17,19,23H,1,3-6,9-15H2,(H,22,24)(H,26,27)/t17-/m1/s1. The van der Waals surface area contributed by atoms with Gasteiger partial charge in [0, 0.05) is 24.3 Å². The predicted octanol–water partition coefficient (Wildman–Crippen LogP) is 2.46. The number of carboxylic acid groups (broad SMARTS) is 1. The summed E-state index contributed by atoms with van der Waals surface area (Å²) in [6.07, 6.45) is 8.41. The van der Waals surface area contributed by atoms with E-state index in [-0.39, 0.29) is 12.5 Å². The third-order valence-electron chi connectivity index (χ3n) is 5.58. The number of fused-ring (bicyclic) bond motifs is 1. The number of hydrogen-bond acceptors (Lipinski definition) is 5. The van der Waals surface area contributed by atoms with Crippen LogP contribution in [-0.4, -0.2) is 59.2 Å². The first-order valence-electron chi connectivity index (χ1n) is 10.2. The molecule has 27 heavy (non-hydrogen) atoms. The molecule has 0 bridgehead atoms. The van der Waals surface area contributed by atoms with Crippen LogP contribution < -0.4 is 10.6 Å². The summed E-state index contributed by atoms with van der Waals surface area (Å²) in [5.41, 5.74) is 2.53. The van der Waals surface area contributed by atoms with Gasteiger partial charge in [0.15, 0.2) is 0 Å². The van der Waals surface area contributed by atoms with Crippen LogP contribution >= 0.6 is 0 Å². The highest BCUT2D eigenvalue weighted by molar-refractivity contribution is 5.67. The summed E-state index contributed by atoms with van der Waals surface area (Å²) in [5.74, 6) is 0.305. The second kappa shape index (κ2) is 9.85. The molecule has 6 nitrogen and oxygen atoms in total. The van der Waals surface area contributed by atoms with Crippen molar-refractivity contribution in [1.29, 1.82) is 0 Å². The Labute approximate surface area is 162 Å². The molecule has 3 heterocycles. The maximum Gasteiger partial charge on any atom is 0.305 e. The van der Waals surface area contributed by atoms with Crippen molar-refractivity contribution in [3.8, 4) is 0 Å². The second-order valence-electron chi connectivity index (χ2n) is 7.67. The molecule has 6 heteroatoms. The topological polar surface area (TPSA) is 77.5 Å². The number of anilines is 1. The largest absolute Gasteiger partial charge is 0.481 e. The normalized spacial score (nSPS) is 19.1. The maximum absolute atomic E-state index is 10.9. The van der Waals surface area contributed by atoms with Crippen molar-refractivity contribution in [2.75, 3.05) is 31.5 Å². The van der Waals surface area contributed by atoms with Crippen molar-refractivity contribution in [3.05, 3.63) is 36.0 Å². The van der Waals surface area contributed by atoms with Gasteiger partial charge in [-0.3, -0.25) is 4.79 Å². The number of piperidine rings is 1. The minimum Gasteiger partial charge on any atom is -0.481 e. The number of likely N-dealkylation sites (tertiary alicyclic amines) is 1. The monoisotopic (exact) mass is 372 g/mol. The molecule has 0 radical (unpaired) electrons. The predicted molar refractivity (Wildman–Crippen MR) is 108 cm³/mol. The molecule has 2 aliphatic rings. The van der Waals surface area contributed by atoms with Crippen molar-refractivity contribution >= 4 is 11.8 Å². The van der Waals surface area contributed by atoms with Crippen LogP contribution in [0, 0.1) is 0 Å². The average Bonchev–Trinajstić information content (AvgIpc) is 2.68. The Morgan fingerprint density at radius 3 is 3.00 bits per heavy atom. The fourth-order valence-corrected chi connectivity index (χ4v) is 4.02. The van der Waals surface area contributed by atoms with Gasteiger partial charge in [0.25, 0.3) is 0 Å². The van der Waals surface area contributed by atoms with Crippen molar-refractivity contribution in [1.82, 2.24) is 15.2 Å². The van der Waals surface area contributed by atoms with Crippen LogP contribution in [-0.2, 0) is 17.6 Å². The lowest BCUT2D eigenvalue weighted by molar-refractivity contribution is -0.137. The first-order valence-corrected chi connectivity index (χ1v) is 10.2. The van der Waals surface area contributed by atoms with Gasteiger partial charge in [-0.1, -0.05) is 12.1 Å². The van der Waals surface area contributed by atoms with Gasteiger partial charge in [0.1, 0.15) is 5.82 Å². The number of hydrogen-bond donors (Lipinski definition) is 3. The van der Waals surface area contributed by atoms with E-state index in [2.05, 4.69) is 34.2 Å². The number of nitrogens with zero attached hydrogens (tertiary/aromatic N) is 2. The van der Waals surface area contributed by atoms with Crippen LogP contribution in [0.1, 0.15) is 43.4 Å². The van der Waals surface area contributed by atoms with Gasteiger partial charge in [-0.15, -0.1) is 6.58 Å². The third kappa shape index (κ3) is 6.04. The van der Waals surface area contributed by atoms with Gasteiger partial charge in [-0.25, -0.2) is 4.98 Å². The molecule has 1 atom stereocenters. The number of aromatic nitrogens is 1. The zero-order valence-electron chi connectivity index (χ0n) is 16.1. The summed E-state index contributed by atoms with van der Waals surface area (Å²) in [6.45, 7) is 8.00. The molecule has 0 spiro atoms. The van der Waals surface area contributed by atoms with Crippen molar-refractivity contribution in [2.24, 2.45) is 0 Å². The molecule has 2 aliphatic heterocycles. The van der Waals surface area contributed by atoms with Crippen LogP contribution in [0.5, 0.6) is 0 Å². The first kappa shape index (κ1) is 19.8. The summed E-state index contributed by atoms with van der Waals surface area (Å²) in [5, 5.41) is 15.8. The van der Waals surface area contributed by atoms with E-state index in [4.69, 9.17) is 10.1 Å². The zero-order chi connectivity index (χ0) is 19.1. The van der Waals surface area contributed by atoms with E-state index < -0.39 is 5.97 Å². The molecule has 1 fully saturated rings. The van der Waals surface area contributed by atoms with Gasteiger partial charge in [-0.2, -0.15) is 0 Å². The molecule has 0 aromatic carbocycles. The second-order valence-corrected chi connectivity index (χ2v) is 7.67. The van der Waals surface area contributed by atoms with Crippen molar-refractivity contribution in [3.63, 3.8) is 0 Å². The molecule has 3 rings (SSSR count). The van der Waals surface area contributed by atoms with Gasteiger partial charge in [0.2, 0.25) is 0 Å². The summed E-state index contributed by atoms with van der Waals surface area (Å²) < 4.78 is 0. The number of rotatable bonds is 9. The SMILES string of the molecule is C=C[C@H](CC(=O)O)NC1CCN(CCCc2ccc3c(n2)NCCC3)CC1. The fraction of sp³-hybridized carbons (Fsp3) is 0.619. The Morgan fingerprint density at radius 1 is 1.44 bits per heavy atom. The average molecular weight is 373 g/mol. The van der Waals surface area contributed by atoms with E-state index in [0.717, 1.165) is 64.1 Å². The van der Waals surface area contributed by atoms with E-state index in [1.54, 1.807) is 6.08 Å². The Morgan fingerprint density at radius 2 is 2.26 bits per heavy atom. The van der Waals surface area contributed by atoms with E-state index in [1.807, 2.05) is 0 Å². The molecule has 0 saturated carbocycles. The van der Waals surface area contributed by atoms with Crippen LogP contribution in [0.25, 0.3) is 0 Å². The zero-order valence-corrected chi connectivity index (χ0v) is 16.1. The minimum absolute atomic E-state index is 0.104. The number of nitrogens with one attached hydrogen (secondary N) is 2. The molecule has 0 aliphatic carbocycles. The van der Waals surface area contributed by atoms with Crippen molar-refractivity contribution < 1.29 is 9.90 Å². The number of aliphatic carboxylic acids is 1. The molecular weight excluding hydrogens is 340 g/mol. The molecule has 148 valence electrons. The van der Waals surface area contributed by atoms with Gasteiger partial charge in [-0.05, 0) is 69.8 Å². The molecular formula is C21H32N4O2. The van der Waals surface area contributed by atoms with Gasteiger partial charge < -0.3 is 20.6 Å². The molecule has 0 amide bonds. The lowest BCUT2D eigenvalue weighted by Crippen LogP contribution is -2.46. The molecule has 3 N–H and O–H groups in total. The quantitative estimate of drug-likeness (QED) is 0.578. The molecule has 1 aromatic heterocycles. The number of carboxylic acids is 1. The summed E-state index contributed by atoms with van der Waals surface area (Å²) in [7, 11) is 0. The van der Waals surface area contributed by atoms with Crippen LogP contribution in [0.2, 0.25) is 0 Å². The molecule has 0 unspecified atom stereocenters. The van der Waals surface area contributed by atoms with Gasteiger partial charge >= 0.3 is 5.97 Å². The molecule has 1 aromatic rings. The van der Waals surface area contributed by atoms with E-state index in [1.165, 1.54) is 17.7 Å². The minimum atomic E-state index is -0.782. The Hall–Kier alpha value is -1.92. The highest BCUT2D eigenvalue weighted by Crippen LogP contribution is 2.20. The lowest BCUT2D eigenvalue weighted by atomic mass is 10.0. The number of pyridine rings is 1. The highest BCUT2D eigenvalue weighted by Gasteiger charge is 2.21. The number of carbonyl (C=O) groups is 1. The first-order chi connectivity index (χ1) is 13.1. The fourth-order valence-electron chi connectivity index (χ4n) is 4.02. The smallest absolute Gasteiger partial charge is 0.305 e. The Kier molecular flexibility index (Phi) is 7.24. The maximum atomic E-state index is 10.9. The summed E-state index contributed by atoms with van der Waals surface area (Å²) in [4.78, 5) is 18.2. The highest BCUT2D eigenvalue weighted by atomic mass is 16.4. The van der Waals surface area contributed by atoms with Crippen LogP contribution in [0.15, 0.2) is 24.8 Å². The van der Waals surface area contributed by atoms with Crippen LogP contribution in [0.4, 0.5) is 5.82 Å². The van der Waals surface area contributed by atoms with E-state index >= 15 is 0 Å². The van der Waals surface area contributed by atoms with E-state index in [9.17, 15) is 4.79 Å². The van der Waals surface area contributed by atoms with Crippen LogP contribution in [0.3, 0.4) is 0 Å². The third-order valence-corrected chi connectivity index (χ3v) is 5.58. The summed E-state index contributed by atoms with van der Waals surface area (Å²) >= 11 is 0. The van der Waals surface area contributed by atoms with Crippen molar-refractivity contribution in [2.45, 2.75) is 57.0 Å². The Balaban J connectivity index is 1.36. The molecule has 1 saturated heterocycles. The summed E-state index contributed by atoms with van der Waals surface area (Å²) in [6, 6.07) is 4.66.